The van der Waals surface area contributed by atoms with Gasteiger partial charge >= 0.3 is 0 Å². The molecule has 3 rings (SSSR count). The van der Waals surface area contributed by atoms with Crippen LogP contribution in [0.4, 0.5) is 11.4 Å². The smallest absolute Gasteiger partial charge is 0.223 e. The van der Waals surface area contributed by atoms with Crippen molar-refractivity contribution in [2.45, 2.75) is 33.2 Å². The predicted octanol–water partition coefficient (Wildman–Crippen LogP) is 3.16. The highest BCUT2D eigenvalue weighted by atomic mass is 16.6. The number of hydrogen-bond donors (Lipinski definition) is 3. The van der Waals surface area contributed by atoms with E-state index in [9.17, 15) is 10.2 Å². The number of pyridine rings is 2. The molecular formula is C20H23N3O4. The zero-order valence-corrected chi connectivity index (χ0v) is 15.5. The number of aliphatic hydroxyl groups is 2. The monoisotopic (exact) mass is 369 g/mol. The van der Waals surface area contributed by atoms with Gasteiger partial charge in [-0.15, -0.1) is 0 Å². The van der Waals surface area contributed by atoms with E-state index in [0.29, 0.717) is 18.0 Å². The quantitative estimate of drug-likeness (QED) is 0.551. The Balaban J connectivity index is 1.84. The summed E-state index contributed by atoms with van der Waals surface area (Å²) in [6, 6.07) is 10.9. The third kappa shape index (κ3) is 4.45. The van der Waals surface area contributed by atoms with Gasteiger partial charge in [0, 0.05) is 17.3 Å². The number of rotatable bonds is 7. The maximum atomic E-state index is 9.58. The van der Waals surface area contributed by atoms with Crippen molar-refractivity contribution in [1.82, 2.24) is 9.97 Å². The standard InChI is InChI=1S/C20H23N3O4/c1-4-26-18-11-16-17(9-10-21-19(16)22-12(18)2)23-14-5-7-15(8-6-14)27-20(25)13(3)24/h5-11,13,20,24-25H,4H2,1-3H3,(H,21,22,23). The Kier molecular flexibility index (Phi) is 5.73. The summed E-state index contributed by atoms with van der Waals surface area (Å²) < 4.78 is 10.9. The lowest BCUT2D eigenvalue weighted by atomic mass is 10.2. The van der Waals surface area contributed by atoms with Gasteiger partial charge in [-0.3, -0.25) is 0 Å². The van der Waals surface area contributed by atoms with E-state index in [1.807, 2.05) is 38.1 Å². The summed E-state index contributed by atoms with van der Waals surface area (Å²) in [6.07, 6.45) is -0.533. The molecule has 7 nitrogen and oxygen atoms in total. The maximum absolute atomic E-state index is 9.58. The molecule has 0 spiro atoms. The van der Waals surface area contributed by atoms with Gasteiger partial charge in [0.25, 0.3) is 0 Å². The molecule has 0 aliphatic rings. The first kappa shape index (κ1) is 18.9. The minimum Gasteiger partial charge on any atom is -0.492 e. The maximum Gasteiger partial charge on any atom is 0.223 e. The normalized spacial score (nSPS) is 13.2. The van der Waals surface area contributed by atoms with Crippen molar-refractivity contribution in [3.63, 3.8) is 0 Å². The first-order valence-electron chi connectivity index (χ1n) is 8.77. The van der Waals surface area contributed by atoms with Crippen molar-refractivity contribution in [3.8, 4) is 11.5 Å². The molecule has 2 atom stereocenters. The Bertz CT molecular complexity index is 913. The highest BCUT2D eigenvalue weighted by molar-refractivity contribution is 5.91. The third-order valence-electron chi connectivity index (χ3n) is 3.98. The first-order chi connectivity index (χ1) is 13.0. The molecular weight excluding hydrogens is 346 g/mol. The first-order valence-corrected chi connectivity index (χ1v) is 8.77. The van der Waals surface area contributed by atoms with E-state index in [1.165, 1.54) is 6.92 Å². The van der Waals surface area contributed by atoms with E-state index < -0.39 is 12.4 Å². The number of aliphatic hydroxyl groups excluding tert-OH is 2. The highest BCUT2D eigenvalue weighted by Crippen LogP contribution is 2.29. The van der Waals surface area contributed by atoms with Crippen molar-refractivity contribution < 1.29 is 19.7 Å². The van der Waals surface area contributed by atoms with Crippen LogP contribution >= 0.6 is 0 Å². The average molecular weight is 369 g/mol. The third-order valence-corrected chi connectivity index (χ3v) is 3.98. The number of aromatic nitrogens is 2. The minimum absolute atomic E-state index is 0.462. The van der Waals surface area contributed by atoms with E-state index in [0.717, 1.165) is 28.2 Å². The van der Waals surface area contributed by atoms with Crippen molar-refractivity contribution in [2.24, 2.45) is 0 Å². The second-order valence-corrected chi connectivity index (χ2v) is 6.13. The van der Waals surface area contributed by atoms with E-state index in [-0.39, 0.29) is 0 Å². The van der Waals surface area contributed by atoms with Gasteiger partial charge in [-0.1, -0.05) is 0 Å². The topological polar surface area (TPSA) is 96.7 Å². The fourth-order valence-electron chi connectivity index (χ4n) is 2.56. The molecule has 27 heavy (non-hydrogen) atoms. The molecule has 0 aliphatic carbocycles. The number of nitrogens with zero attached hydrogens (tertiary/aromatic N) is 2. The second kappa shape index (κ2) is 8.20. The van der Waals surface area contributed by atoms with Gasteiger partial charge in [-0.25, -0.2) is 9.97 Å². The Morgan fingerprint density at radius 2 is 1.89 bits per heavy atom. The van der Waals surface area contributed by atoms with Crippen LogP contribution in [0.15, 0.2) is 42.6 Å². The molecule has 0 amide bonds. The number of hydrogen-bond acceptors (Lipinski definition) is 7. The van der Waals surface area contributed by atoms with Crippen LogP contribution in [0.1, 0.15) is 19.5 Å². The SMILES string of the molecule is CCOc1cc2c(Nc3ccc(OC(O)C(C)O)cc3)ccnc2nc1C. The van der Waals surface area contributed by atoms with Gasteiger partial charge < -0.3 is 25.0 Å². The molecule has 2 heterocycles. The molecule has 1 aromatic carbocycles. The lowest BCUT2D eigenvalue weighted by Crippen LogP contribution is -2.28. The molecule has 2 aromatic heterocycles. The fraction of sp³-hybridized carbons (Fsp3) is 0.300. The van der Waals surface area contributed by atoms with Crippen molar-refractivity contribution in [1.29, 1.82) is 0 Å². The molecule has 0 aliphatic heterocycles. The van der Waals surface area contributed by atoms with E-state index in [1.54, 1.807) is 18.3 Å². The molecule has 3 aromatic rings. The molecule has 142 valence electrons. The highest BCUT2D eigenvalue weighted by Gasteiger charge is 2.12. The second-order valence-electron chi connectivity index (χ2n) is 6.13. The van der Waals surface area contributed by atoms with Crippen molar-refractivity contribution >= 4 is 22.4 Å². The van der Waals surface area contributed by atoms with E-state index in [2.05, 4.69) is 15.3 Å². The summed E-state index contributed by atoms with van der Waals surface area (Å²) in [4.78, 5) is 8.84. The summed E-state index contributed by atoms with van der Waals surface area (Å²) in [5.74, 6) is 1.20. The number of benzene rings is 1. The lowest BCUT2D eigenvalue weighted by Gasteiger charge is -2.16. The average Bonchev–Trinajstić information content (AvgIpc) is 2.64. The minimum atomic E-state index is -1.26. The Morgan fingerprint density at radius 1 is 1.15 bits per heavy atom. The molecule has 0 fully saturated rings. The molecule has 7 heteroatoms. The molecule has 0 saturated heterocycles. The van der Waals surface area contributed by atoms with Crippen LogP contribution in [0.2, 0.25) is 0 Å². The Morgan fingerprint density at radius 3 is 2.56 bits per heavy atom. The predicted molar refractivity (Wildman–Crippen MR) is 103 cm³/mol. The summed E-state index contributed by atoms with van der Waals surface area (Å²) in [5.41, 5.74) is 3.12. The van der Waals surface area contributed by atoms with Crippen LogP contribution in [0.5, 0.6) is 11.5 Å². The van der Waals surface area contributed by atoms with E-state index >= 15 is 0 Å². The largest absolute Gasteiger partial charge is 0.492 e. The zero-order valence-electron chi connectivity index (χ0n) is 15.5. The Labute approximate surface area is 157 Å². The summed E-state index contributed by atoms with van der Waals surface area (Å²) in [5, 5.41) is 23.1. The van der Waals surface area contributed by atoms with Crippen LogP contribution in [0.3, 0.4) is 0 Å². The van der Waals surface area contributed by atoms with Gasteiger partial charge in [0.05, 0.1) is 18.0 Å². The Hall–Kier alpha value is -2.90. The molecule has 3 N–H and O–H groups in total. The van der Waals surface area contributed by atoms with Crippen molar-refractivity contribution in [2.75, 3.05) is 11.9 Å². The number of ether oxygens (including phenoxy) is 2. The van der Waals surface area contributed by atoms with Crippen LogP contribution in [0, 0.1) is 6.92 Å². The van der Waals surface area contributed by atoms with Crippen LogP contribution in [0.25, 0.3) is 11.0 Å². The van der Waals surface area contributed by atoms with Gasteiger partial charge in [0.2, 0.25) is 6.29 Å². The van der Waals surface area contributed by atoms with Gasteiger partial charge in [-0.05, 0) is 57.2 Å². The molecule has 0 bridgehead atoms. The number of aryl methyl sites for hydroxylation is 1. The summed E-state index contributed by atoms with van der Waals surface area (Å²) in [6.45, 7) is 5.86. The zero-order chi connectivity index (χ0) is 19.4. The van der Waals surface area contributed by atoms with Crippen molar-refractivity contribution in [3.05, 3.63) is 48.3 Å². The van der Waals surface area contributed by atoms with Crippen LogP contribution < -0.4 is 14.8 Å². The summed E-state index contributed by atoms with van der Waals surface area (Å²) >= 11 is 0. The van der Waals surface area contributed by atoms with Crippen LogP contribution in [-0.2, 0) is 0 Å². The molecule has 2 unspecified atom stereocenters. The van der Waals surface area contributed by atoms with Gasteiger partial charge in [0.15, 0.2) is 5.65 Å². The number of fused-ring (bicyclic) bond motifs is 1. The summed E-state index contributed by atoms with van der Waals surface area (Å²) in [7, 11) is 0. The van der Waals surface area contributed by atoms with Gasteiger partial charge in [-0.2, -0.15) is 0 Å². The van der Waals surface area contributed by atoms with E-state index in [4.69, 9.17) is 9.47 Å². The van der Waals surface area contributed by atoms with Crippen LogP contribution in [-0.4, -0.2) is 39.2 Å². The number of anilines is 2. The number of nitrogens with one attached hydrogen (secondary N) is 1. The lowest BCUT2D eigenvalue weighted by molar-refractivity contribution is -0.0958. The van der Waals surface area contributed by atoms with Gasteiger partial charge in [0.1, 0.15) is 17.6 Å². The fourth-order valence-corrected chi connectivity index (χ4v) is 2.56. The molecule has 0 radical (unpaired) electrons. The molecule has 0 saturated carbocycles.